The van der Waals surface area contributed by atoms with Gasteiger partial charge in [0.25, 0.3) is 5.91 Å². The zero-order valence-electron chi connectivity index (χ0n) is 18.3. The second-order valence-electron chi connectivity index (χ2n) is 9.74. The Kier molecular flexibility index (Phi) is 4.94. The van der Waals surface area contributed by atoms with E-state index in [0.717, 1.165) is 56.1 Å². The number of carbonyl (C=O) groups excluding carboxylic acids is 3. The van der Waals surface area contributed by atoms with Crippen LogP contribution in [0.1, 0.15) is 63.5 Å². The molecule has 7 heteroatoms. The first-order valence-corrected chi connectivity index (χ1v) is 11.8. The number of rotatable bonds is 3. The number of carbonyl (C=O) groups is 3. The van der Waals surface area contributed by atoms with Gasteiger partial charge in [-0.15, -0.1) is 0 Å². The number of likely N-dealkylation sites (tertiary alicyclic amines) is 1. The van der Waals surface area contributed by atoms with Crippen LogP contribution >= 0.6 is 0 Å². The third kappa shape index (κ3) is 2.82. The third-order valence-electron chi connectivity index (χ3n) is 8.05. The maximum absolute atomic E-state index is 13.9. The van der Waals surface area contributed by atoms with Crippen molar-refractivity contribution in [1.82, 2.24) is 4.90 Å². The van der Waals surface area contributed by atoms with Crippen LogP contribution < -0.4 is 10.6 Å². The molecule has 1 aromatic rings. The molecule has 1 aromatic carbocycles. The van der Waals surface area contributed by atoms with E-state index in [9.17, 15) is 19.5 Å². The number of fused-ring (bicyclic) bond motifs is 4. The van der Waals surface area contributed by atoms with Gasteiger partial charge in [0.05, 0.1) is 5.69 Å². The minimum Gasteiger partial charge on any atom is -0.387 e. The van der Waals surface area contributed by atoms with Gasteiger partial charge in [0.15, 0.2) is 0 Å². The number of aliphatic hydroxyl groups excluding tert-OH is 1. The first-order valence-electron chi connectivity index (χ1n) is 11.8. The fourth-order valence-corrected chi connectivity index (χ4v) is 6.49. The number of amides is 3. The number of quaternary nitrogens is 1. The zero-order chi connectivity index (χ0) is 21.9. The summed E-state index contributed by atoms with van der Waals surface area (Å²) < 4.78 is 0. The van der Waals surface area contributed by atoms with E-state index in [1.165, 1.54) is 4.90 Å². The Morgan fingerprint density at radius 2 is 1.87 bits per heavy atom. The number of imide groups is 1. The van der Waals surface area contributed by atoms with Crippen molar-refractivity contribution in [2.45, 2.75) is 82.5 Å². The number of nitrogens with two attached hydrogens (primary N) is 1. The summed E-state index contributed by atoms with van der Waals surface area (Å²) in [7, 11) is 0. The summed E-state index contributed by atoms with van der Waals surface area (Å²) in [6.07, 6.45) is 5.93. The molecule has 1 aliphatic carbocycles. The fourth-order valence-electron chi connectivity index (χ4n) is 6.49. The summed E-state index contributed by atoms with van der Waals surface area (Å²) in [5, 5.41) is 15.4. The predicted octanol–water partition coefficient (Wildman–Crippen LogP) is 1.05. The van der Waals surface area contributed by atoms with Crippen molar-refractivity contribution in [3.8, 4) is 0 Å². The van der Waals surface area contributed by atoms with Gasteiger partial charge in [-0.05, 0) is 43.9 Å². The lowest BCUT2D eigenvalue weighted by molar-refractivity contribution is -0.738. The highest BCUT2D eigenvalue weighted by Gasteiger charge is 2.75. The van der Waals surface area contributed by atoms with E-state index < -0.39 is 29.5 Å². The zero-order valence-corrected chi connectivity index (χ0v) is 18.3. The summed E-state index contributed by atoms with van der Waals surface area (Å²) in [6.45, 7) is 3.70. The quantitative estimate of drug-likeness (QED) is 0.496. The van der Waals surface area contributed by atoms with Crippen LogP contribution in [-0.4, -0.2) is 45.9 Å². The second-order valence-corrected chi connectivity index (χ2v) is 9.74. The van der Waals surface area contributed by atoms with Crippen LogP contribution in [-0.2, 0) is 26.3 Å². The smallest absolute Gasteiger partial charge is 0.291 e. The Bertz CT molecular complexity index is 937. The molecule has 7 nitrogen and oxygen atoms in total. The molecule has 5 atom stereocenters. The van der Waals surface area contributed by atoms with Crippen molar-refractivity contribution in [3.05, 3.63) is 29.3 Å². The molecule has 3 aliphatic heterocycles. The Morgan fingerprint density at radius 1 is 1.16 bits per heavy atom. The Labute approximate surface area is 182 Å². The Hall–Kier alpha value is -2.25. The molecule has 0 unspecified atom stereocenters. The number of nitrogens with zero attached hydrogens (tertiary/aromatic N) is 1. The van der Waals surface area contributed by atoms with Crippen LogP contribution in [0.25, 0.3) is 0 Å². The van der Waals surface area contributed by atoms with Gasteiger partial charge in [0.2, 0.25) is 17.4 Å². The van der Waals surface area contributed by atoms with Gasteiger partial charge in [0, 0.05) is 11.6 Å². The number of aliphatic hydroxyl groups is 1. The molecule has 3 amide bonds. The molecule has 3 fully saturated rings. The molecular weight excluding hydrogens is 394 g/mol. The lowest BCUT2D eigenvalue weighted by Crippen LogP contribution is -3.00. The van der Waals surface area contributed by atoms with Crippen LogP contribution in [0.5, 0.6) is 0 Å². The van der Waals surface area contributed by atoms with E-state index in [1.54, 1.807) is 6.92 Å². The molecule has 4 N–H and O–H groups in total. The van der Waals surface area contributed by atoms with Gasteiger partial charge in [0.1, 0.15) is 24.0 Å². The fraction of sp³-hybridized carbons (Fsp3) is 0.625. The van der Waals surface area contributed by atoms with Gasteiger partial charge in [-0.25, -0.2) is 0 Å². The van der Waals surface area contributed by atoms with E-state index in [4.69, 9.17) is 0 Å². The minimum atomic E-state index is -1.20. The highest BCUT2D eigenvalue weighted by Crippen LogP contribution is 2.50. The minimum absolute atomic E-state index is 0.0919. The van der Waals surface area contributed by atoms with Crippen molar-refractivity contribution >= 4 is 23.4 Å². The molecule has 0 bridgehead atoms. The van der Waals surface area contributed by atoms with E-state index in [0.29, 0.717) is 5.69 Å². The van der Waals surface area contributed by atoms with Crippen LogP contribution in [0.4, 0.5) is 5.69 Å². The van der Waals surface area contributed by atoms with Gasteiger partial charge >= 0.3 is 0 Å². The summed E-state index contributed by atoms with van der Waals surface area (Å²) >= 11 is 0. The number of aryl methyl sites for hydroxylation is 1. The average Bonchev–Trinajstić information content (AvgIpc) is 3.23. The molecule has 31 heavy (non-hydrogen) atoms. The van der Waals surface area contributed by atoms with Crippen molar-refractivity contribution in [1.29, 1.82) is 0 Å². The van der Waals surface area contributed by atoms with E-state index >= 15 is 0 Å². The molecule has 0 radical (unpaired) electrons. The van der Waals surface area contributed by atoms with Crippen molar-refractivity contribution < 1.29 is 24.8 Å². The second kappa shape index (κ2) is 7.41. The third-order valence-corrected chi connectivity index (χ3v) is 8.05. The molecule has 0 aromatic heterocycles. The van der Waals surface area contributed by atoms with Crippen LogP contribution in [0.2, 0.25) is 0 Å². The van der Waals surface area contributed by atoms with Crippen molar-refractivity contribution in [3.63, 3.8) is 0 Å². The monoisotopic (exact) mass is 426 g/mol. The molecule has 1 spiro atoms. The largest absolute Gasteiger partial charge is 0.387 e. The molecular formula is C24H32N3O4+. The first-order chi connectivity index (χ1) is 14.9. The number of anilines is 1. The standard InChI is InChI=1S/C24H31N3O4/c1-3-14-10-11-17-16(12-14)24(23(31)25-17)19-18(20(26-24)13(2)28)21(29)27(22(19)30)15-8-6-4-5-7-9-15/h10-13,15,18-20,26,28H,3-9H2,1-2H3,(H,25,31)/p+1/t13-,18+,19+,20-,24+/m1/s1. The Balaban J connectivity index is 1.63. The van der Waals surface area contributed by atoms with Crippen molar-refractivity contribution in [2.75, 3.05) is 5.32 Å². The summed E-state index contributed by atoms with van der Waals surface area (Å²) in [5.74, 6) is -2.15. The highest BCUT2D eigenvalue weighted by atomic mass is 16.3. The van der Waals surface area contributed by atoms with Crippen LogP contribution in [0, 0.1) is 11.8 Å². The SMILES string of the molecule is CCc1ccc2c(c1)[C@@]1([NH2+][C@H]([C@@H](C)O)[C@H]3C(=O)N(C4CCCCCC4)C(=O)[C@H]31)C(=O)N2. The van der Waals surface area contributed by atoms with E-state index in [1.807, 2.05) is 23.5 Å². The van der Waals surface area contributed by atoms with E-state index in [2.05, 4.69) is 12.2 Å². The lowest BCUT2D eigenvalue weighted by atomic mass is 9.76. The van der Waals surface area contributed by atoms with Crippen LogP contribution in [0.15, 0.2) is 18.2 Å². The molecule has 4 aliphatic rings. The number of hydrogen-bond donors (Lipinski definition) is 3. The predicted molar refractivity (Wildman–Crippen MR) is 114 cm³/mol. The molecule has 1 saturated carbocycles. The number of hydrogen-bond acceptors (Lipinski definition) is 4. The molecule has 5 rings (SSSR count). The van der Waals surface area contributed by atoms with E-state index in [-0.39, 0.29) is 23.8 Å². The summed E-state index contributed by atoms with van der Waals surface area (Å²) in [4.78, 5) is 42.5. The lowest BCUT2D eigenvalue weighted by Gasteiger charge is -2.30. The Morgan fingerprint density at radius 3 is 2.52 bits per heavy atom. The average molecular weight is 427 g/mol. The topological polar surface area (TPSA) is 103 Å². The van der Waals surface area contributed by atoms with Gasteiger partial charge in [-0.2, -0.15) is 0 Å². The van der Waals surface area contributed by atoms with Gasteiger partial charge < -0.3 is 15.7 Å². The number of benzene rings is 1. The summed E-state index contributed by atoms with van der Waals surface area (Å²) in [6, 6.07) is 5.25. The van der Waals surface area contributed by atoms with Crippen molar-refractivity contribution in [2.24, 2.45) is 11.8 Å². The first kappa shape index (κ1) is 20.6. The maximum Gasteiger partial charge on any atom is 0.291 e. The highest BCUT2D eigenvalue weighted by molar-refractivity contribution is 6.14. The molecule has 166 valence electrons. The van der Waals surface area contributed by atoms with Crippen LogP contribution in [0.3, 0.4) is 0 Å². The number of nitrogens with one attached hydrogen (secondary N) is 1. The normalized spacial score (nSPS) is 34.1. The molecule has 2 saturated heterocycles. The van der Waals surface area contributed by atoms with Gasteiger partial charge in [-0.3, -0.25) is 19.3 Å². The van der Waals surface area contributed by atoms with Gasteiger partial charge in [-0.1, -0.05) is 38.7 Å². The molecule has 3 heterocycles. The summed E-state index contributed by atoms with van der Waals surface area (Å²) in [5.41, 5.74) is 1.37. The maximum atomic E-state index is 13.9.